The van der Waals surface area contributed by atoms with E-state index in [1.165, 1.54) is 12.1 Å². The van der Waals surface area contributed by atoms with E-state index in [1.54, 1.807) is 24.5 Å². The molecule has 2 atom stereocenters. The molecule has 1 aromatic carbocycles. The van der Waals surface area contributed by atoms with Crippen LogP contribution in [0.5, 0.6) is 0 Å². The molecule has 1 saturated heterocycles. The number of benzene rings is 1. The van der Waals surface area contributed by atoms with Crippen LogP contribution in [0, 0.1) is 11.7 Å². The molecule has 1 fully saturated rings. The molecule has 0 radical (unpaired) electrons. The van der Waals surface area contributed by atoms with Gasteiger partial charge in [-0.15, -0.1) is 0 Å². The van der Waals surface area contributed by atoms with Crippen LogP contribution in [0.4, 0.5) is 4.39 Å². The minimum absolute atomic E-state index is 0.0294. The second-order valence-corrected chi connectivity index (χ2v) is 5.93. The Balaban J connectivity index is 1.82. The molecule has 0 aliphatic carbocycles. The molecular formula is C17H19FN4O2. The summed E-state index contributed by atoms with van der Waals surface area (Å²) in [6.07, 6.45) is 4.31. The summed E-state index contributed by atoms with van der Waals surface area (Å²) >= 11 is 0. The predicted octanol–water partition coefficient (Wildman–Crippen LogP) is 1.29. The van der Waals surface area contributed by atoms with E-state index in [4.69, 9.17) is 0 Å². The number of rotatable bonds is 4. The molecule has 2 N–H and O–H groups in total. The zero-order chi connectivity index (χ0) is 17.1. The zero-order valence-corrected chi connectivity index (χ0v) is 13.3. The Labute approximate surface area is 139 Å². The van der Waals surface area contributed by atoms with E-state index in [0.29, 0.717) is 25.2 Å². The third-order valence-electron chi connectivity index (χ3n) is 4.24. The first kappa shape index (κ1) is 16.2. The Morgan fingerprint density at radius 3 is 2.75 bits per heavy atom. The second-order valence-electron chi connectivity index (χ2n) is 5.93. The number of imidazole rings is 1. The maximum atomic E-state index is 13.2. The van der Waals surface area contributed by atoms with Crippen molar-refractivity contribution in [1.29, 1.82) is 0 Å². The van der Waals surface area contributed by atoms with Gasteiger partial charge in [-0.05, 0) is 24.1 Å². The van der Waals surface area contributed by atoms with Crippen LogP contribution >= 0.6 is 0 Å². The molecule has 1 aliphatic rings. The predicted molar refractivity (Wildman–Crippen MR) is 85.3 cm³/mol. The van der Waals surface area contributed by atoms with Crippen molar-refractivity contribution in [1.82, 2.24) is 20.2 Å². The SMILES string of the molecule is Cn1ccnc1[C@@H](NC(=O)[C@H]1CCC(=O)NC1)c1ccc(F)cc1. The summed E-state index contributed by atoms with van der Waals surface area (Å²) in [5.41, 5.74) is 0.749. The molecule has 0 spiro atoms. The standard InChI is InChI=1S/C17H19FN4O2/c1-22-9-8-19-16(22)15(11-2-5-13(18)6-3-11)21-17(24)12-4-7-14(23)20-10-12/h2-3,5-6,8-9,12,15H,4,7,10H2,1H3,(H,20,23)(H,21,24)/t12-,15-/m0/s1. The van der Waals surface area contributed by atoms with Gasteiger partial charge in [-0.1, -0.05) is 12.1 Å². The highest BCUT2D eigenvalue weighted by atomic mass is 19.1. The third-order valence-corrected chi connectivity index (χ3v) is 4.24. The number of nitrogens with zero attached hydrogens (tertiary/aromatic N) is 2. The largest absolute Gasteiger partial charge is 0.355 e. The molecule has 0 unspecified atom stereocenters. The van der Waals surface area contributed by atoms with Crippen LogP contribution < -0.4 is 10.6 Å². The highest BCUT2D eigenvalue weighted by Gasteiger charge is 2.28. The molecule has 6 nitrogen and oxygen atoms in total. The topological polar surface area (TPSA) is 76.0 Å². The fourth-order valence-electron chi connectivity index (χ4n) is 2.82. The molecule has 2 heterocycles. The lowest BCUT2D eigenvalue weighted by molar-refractivity contribution is -0.129. The summed E-state index contributed by atoms with van der Waals surface area (Å²) in [6.45, 7) is 0.335. The molecule has 1 aromatic heterocycles. The summed E-state index contributed by atoms with van der Waals surface area (Å²) in [4.78, 5) is 28.1. The lowest BCUT2D eigenvalue weighted by Gasteiger charge is -2.25. The normalized spacial score (nSPS) is 18.8. The van der Waals surface area contributed by atoms with E-state index >= 15 is 0 Å². The smallest absolute Gasteiger partial charge is 0.225 e. The van der Waals surface area contributed by atoms with Crippen molar-refractivity contribution in [3.05, 3.63) is 53.9 Å². The highest BCUT2D eigenvalue weighted by molar-refractivity contribution is 5.84. The van der Waals surface area contributed by atoms with Crippen molar-refractivity contribution in [2.75, 3.05) is 6.54 Å². The van der Waals surface area contributed by atoms with E-state index < -0.39 is 6.04 Å². The lowest BCUT2D eigenvalue weighted by atomic mass is 9.97. The zero-order valence-electron chi connectivity index (χ0n) is 13.3. The lowest BCUT2D eigenvalue weighted by Crippen LogP contribution is -2.44. The number of aromatic nitrogens is 2. The molecule has 7 heteroatoms. The molecule has 126 valence electrons. The van der Waals surface area contributed by atoms with Gasteiger partial charge in [0, 0.05) is 32.4 Å². The van der Waals surface area contributed by atoms with E-state index in [2.05, 4.69) is 15.6 Å². The van der Waals surface area contributed by atoms with Gasteiger partial charge >= 0.3 is 0 Å². The van der Waals surface area contributed by atoms with Crippen molar-refractivity contribution >= 4 is 11.8 Å². The molecule has 2 amide bonds. The van der Waals surface area contributed by atoms with Crippen molar-refractivity contribution in [2.24, 2.45) is 13.0 Å². The molecule has 1 aliphatic heterocycles. The van der Waals surface area contributed by atoms with Gasteiger partial charge in [-0.2, -0.15) is 0 Å². The maximum absolute atomic E-state index is 13.2. The van der Waals surface area contributed by atoms with Crippen LogP contribution in [-0.2, 0) is 16.6 Å². The van der Waals surface area contributed by atoms with E-state index in [9.17, 15) is 14.0 Å². The summed E-state index contributed by atoms with van der Waals surface area (Å²) in [5, 5.41) is 5.69. The number of carbonyl (C=O) groups excluding carboxylic acids is 2. The van der Waals surface area contributed by atoms with Gasteiger partial charge in [0.15, 0.2) is 0 Å². The molecule has 0 bridgehead atoms. The quantitative estimate of drug-likeness (QED) is 0.887. The molecule has 2 aromatic rings. The Hall–Kier alpha value is -2.70. The summed E-state index contributed by atoms with van der Waals surface area (Å²) < 4.78 is 15.0. The first-order valence-corrected chi connectivity index (χ1v) is 7.84. The van der Waals surface area contributed by atoms with Gasteiger partial charge in [-0.3, -0.25) is 9.59 Å². The monoisotopic (exact) mass is 330 g/mol. The average Bonchev–Trinajstić information content (AvgIpc) is 3.00. The Kier molecular flexibility index (Phi) is 4.59. The number of hydrogen-bond donors (Lipinski definition) is 2. The summed E-state index contributed by atoms with van der Waals surface area (Å²) in [7, 11) is 1.84. The van der Waals surface area contributed by atoms with Crippen LogP contribution in [0.15, 0.2) is 36.7 Å². The van der Waals surface area contributed by atoms with Gasteiger partial charge in [-0.25, -0.2) is 9.37 Å². The van der Waals surface area contributed by atoms with E-state index in [1.807, 2.05) is 11.6 Å². The van der Waals surface area contributed by atoms with Crippen LogP contribution in [0.25, 0.3) is 0 Å². The first-order valence-electron chi connectivity index (χ1n) is 7.84. The number of hydrogen-bond acceptors (Lipinski definition) is 3. The molecule has 0 saturated carbocycles. The fraction of sp³-hybridized carbons (Fsp3) is 0.353. The number of halogens is 1. The number of amides is 2. The van der Waals surface area contributed by atoms with E-state index in [0.717, 1.165) is 5.56 Å². The number of carbonyl (C=O) groups is 2. The summed E-state index contributed by atoms with van der Waals surface area (Å²) in [6, 6.07) is 5.52. The molecule has 24 heavy (non-hydrogen) atoms. The van der Waals surface area contributed by atoms with Crippen LogP contribution in [0.1, 0.15) is 30.3 Å². The Morgan fingerprint density at radius 2 is 2.17 bits per heavy atom. The third kappa shape index (κ3) is 3.45. The number of piperidine rings is 1. The number of aryl methyl sites for hydroxylation is 1. The Bertz CT molecular complexity index is 731. The van der Waals surface area contributed by atoms with Crippen molar-refractivity contribution < 1.29 is 14.0 Å². The minimum Gasteiger partial charge on any atom is -0.355 e. The second kappa shape index (κ2) is 6.82. The first-order chi connectivity index (χ1) is 11.5. The van der Waals surface area contributed by atoms with Gasteiger partial charge in [0.2, 0.25) is 11.8 Å². The van der Waals surface area contributed by atoms with Crippen molar-refractivity contribution in [2.45, 2.75) is 18.9 Å². The van der Waals surface area contributed by atoms with Crippen LogP contribution in [0.2, 0.25) is 0 Å². The molecule has 3 rings (SSSR count). The van der Waals surface area contributed by atoms with Crippen molar-refractivity contribution in [3.63, 3.8) is 0 Å². The number of nitrogens with one attached hydrogen (secondary N) is 2. The molecular weight excluding hydrogens is 311 g/mol. The van der Waals surface area contributed by atoms with Crippen molar-refractivity contribution in [3.8, 4) is 0 Å². The van der Waals surface area contributed by atoms with Gasteiger partial charge < -0.3 is 15.2 Å². The Morgan fingerprint density at radius 1 is 1.42 bits per heavy atom. The average molecular weight is 330 g/mol. The van der Waals surface area contributed by atoms with Gasteiger partial charge in [0.25, 0.3) is 0 Å². The fourth-order valence-corrected chi connectivity index (χ4v) is 2.82. The van der Waals surface area contributed by atoms with Crippen LogP contribution in [-0.4, -0.2) is 27.9 Å². The van der Waals surface area contributed by atoms with Crippen LogP contribution in [0.3, 0.4) is 0 Å². The highest BCUT2D eigenvalue weighted by Crippen LogP contribution is 2.22. The minimum atomic E-state index is -0.476. The maximum Gasteiger partial charge on any atom is 0.225 e. The van der Waals surface area contributed by atoms with E-state index in [-0.39, 0.29) is 23.5 Å². The van der Waals surface area contributed by atoms with Gasteiger partial charge in [0.1, 0.15) is 17.7 Å². The summed E-state index contributed by atoms with van der Waals surface area (Å²) in [5.74, 6) is -0.120. The van der Waals surface area contributed by atoms with Gasteiger partial charge in [0.05, 0.1) is 5.92 Å².